The number of carbonyl (C=O) groups is 2. The summed E-state index contributed by atoms with van der Waals surface area (Å²) in [5.74, 6) is -0.868. The molecule has 0 N–H and O–H groups in total. The molecular weight excluding hydrogens is 364 g/mol. The zero-order valence-electron chi connectivity index (χ0n) is 18.7. The van der Waals surface area contributed by atoms with Crippen LogP contribution in [0.25, 0.3) is 0 Å². The molecule has 0 aliphatic heterocycles. The van der Waals surface area contributed by atoms with Gasteiger partial charge in [0, 0.05) is 0 Å². The molecule has 1 rings (SSSR count). The second-order valence-corrected chi connectivity index (χ2v) is 7.76. The molecule has 0 aliphatic rings. The van der Waals surface area contributed by atoms with Crippen LogP contribution in [0.15, 0.2) is 24.3 Å². The van der Waals surface area contributed by atoms with E-state index in [-0.39, 0.29) is 6.10 Å². The van der Waals surface area contributed by atoms with Gasteiger partial charge < -0.3 is 9.47 Å². The Morgan fingerprint density at radius 2 is 1.31 bits per heavy atom. The molecule has 29 heavy (non-hydrogen) atoms. The first-order valence-electron chi connectivity index (χ1n) is 11.6. The molecule has 4 nitrogen and oxygen atoms in total. The molecule has 0 saturated heterocycles. The first-order valence-corrected chi connectivity index (χ1v) is 11.6. The summed E-state index contributed by atoms with van der Waals surface area (Å²) in [5, 5.41) is 0. The second kappa shape index (κ2) is 16.0. The largest absolute Gasteiger partial charge is 0.462 e. The van der Waals surface area contributed by atoms with Gasteiger partial charge in [-0.15, -0.1) is 0 Å². The highest BCUT2D eigenvalue weighted by Crippen LogP contribution is 2.17. The fraction of sp³-hybridized carbons (Fsp3) is 0.680. The lowest BCUT2D eigenvalue weighted by molar-refractivity contribution is 0.0246. The Kier molecular flexibility index (Phi) is 13.9. The van der Waals surface area contributed by atoms with Gasteiger partial charge in [-0.2, -0.15) is 0 Å². The minimum absolute atomic E-state index is 0.0933. The van der Waals surface area contributed by atoms with Crippen molar-refractivity contribution in [2.45, 2.75) is 104 Å². The molecule has 0 aromatic heterocycles. The maximum atomic E-state index is 12.7. The predicted octanol–water partition coefficient (Wildman–Crippen LogP) is 7.11. The lowest BCUT2D eigenvalue weighted by Gasteiger charge is -2.18. The van der Waals surface area contributed by atoms with E-state index < -0.39 is 11.9 Å². The number of esters is 2. The molecule has 4 heteroatoms. The minimum atomic E-state index is -0.441. The van der Waals surface area contributed by atoms with E-state index in [2.05, 4.69) is 20.8 Å². The first kappa shape index (κ1) is 25.2. The molecule has 1 unspecified atom stereocenters. The maximum absolute atomic E-state index is 12.7. The fourth-order valence-corrected chi connectivity index (χ4v) is 3.37. The smallest absolute Gasteiger partial charge is 0.339 e. The standard InChI is InChI=1S/C25H40O4/c1-4-7-9-10-11-12-15-20-28-24(26)22-18-13-14-19-23(22)25(27)29-21(16-6-3)17-8-5-2/h13-14,18-19,21H,4-12,15-17,20H2,1-3H3. The van der Waals surface area contributed by atoms with Crippen LogP contribution < -0.4 is 0 Å². The zero-order valence-corrected chi connectivity index (χ0v) is 18.7. The Hall–Kier alpha value is -1.84. The van der Waals surface area contributed by atoms with Crippen LogP contribution in [0.2, 0.25) is 0 Å². The molecule has 0 bridgehead atoms. The summed E-state index contributed by atoms with van der Waals surface area (Å²) in [6, 6.07) is 6.80. The Balaban J connectivity index is 2.54. The monoisotopic (exact) mass is 404 g/mol. The third-order valence-corrected chi connectivity index (χ3v) is 5.11. The number of hydrogen-bond acceptors (Lipinski definition) is 4. The van der Waals surface area contributed by atoms with E-state index in [9.17, 15) is 9.59 Å². The first-order chi connectivity index (χ1) is 14.1. The number of benzene rings is 1. The molecule has 1 aromatic rings. The topological polar surface area (TPSA) is 52.6 Å². The van der Waals surface area contributed by atoms with E-state index in [1.165, 1.54) is 32.1 Å². The average Bonchev–Trinajstić information content (AvgIpc) is 2.73. The number of carbonyl (C=O) groups excluding carboxylic acids is 2. The van der Waals surface area contributed by atoms with Gasteiger partial charge in [0.2, 0.25) is 0 Å². The van der Waals surface area contributed by atoms with Gasteiger partial charge in [-0.3, -0.25) is 0 Å². The summed E-state index contributed by atoms with van der Waals surface area (Å²) < 4.78 is 11.1. The van der Waals surface area contributed by atoms with Crippen LogP contribution in [0.5, 0.6) is 0 Å². The van der Waals surface area contributed by atoms with Crippen LogP contribution in [0, 0.1) is 0 Å². The molecule has 164 valence electrons. The van der Waals surface area contributed by atoms with Crippen molar-refractivity contribution in [1.82, 2.24) is 0 Å². The summed E-state index contributed by atoms with van der Waals surface area (Å²) >= 11 is 0. The predicted molar refractivity (Wildman–Crippen MR) is 118 cm³/mol. The van der Waals surface area contributed by atoms with E-state index >= 15 is 0 Å². The van der Waals surface area contributed by atoms with Crippen molar-refractivity contribution < 1.29 is 19.1 Å². The molecule has 1 aromatic carbocycles. The van der Waals surface area contributed by atoms with Crippen LogP contribution in [0.4, 0.5) is 0 Å². The highest BCUT2D eigenvalue weighted by Gasteiger charge is 2.21. The van der Waals surface area contributed by atoms with Crippen molar-refractivity contribution in [3.8, 4) is 0 Å². The molecule has 0 fully saturated rings. The van der Waals surface area contributed by atoms with Crippen molar-refractivity contribution >= 4 is 11.9 Å². The zero-order chi connectivity index (χ0) is 21.3. The highest BCUT2D eigenvalue weighted by atomic mass is 16.5. The fourth-order valence-electron chi connectivity index (χ4n) is 3.37. The Bertz CT molecular complexity index is 582. The van der Waals surface area contributed by atoms with Gasteiger partial charge in [0.05, 0.1) is 17.7 Å². The molecule has 0 amide bonds. The average molecular weight is 405 g/mol. The van der Waals surface area contributed by atoms with Crippen molar-refractivity contribution in [2.24, 2.45) is 0 Å². The normalized spacial score (nSPS) is 11.8. The summed E-state index contributed by atoms with van der Waals surface area (Å²) in [6.07, 6.45) is 12.8. The van der Waals surface area contributed by atoms with E-state index in [0.29, 0.717) is 17.7 Å². The number of hydrogen-bond donors (Lipinski definition) is 0. The van der Waals surface area contributed by atoms with Crippen LogP contribution in [-0.2, 0) is 9.47 Å². The molecule has 0 aliphatic carbocycles. The Morgan fingerprint density at radius 3 is 1.93 bits per heavy atom. The lowest BCUT2D eigenvalue weighted by atomic mass is 10.1. The minimum Gasteiger partial charge on any atom is -0.462 e. The summed E-state index contributed by atoms with van der Waals surface area (Å²) in [7, 11) is 0. The van der Waals surface area contributed by atoms with Crippen LogP contribution in [0.3, 0.4) is 0 Å². The second-order valence-electron chi connectivity index (χ2n) is 7.76. The van der Waals surface area contributed by atoms with Gasteiger partial charge in [0.1, 0.15) is 6.10 Å². The molecule has 0 spiro atoms. The van der Waals surface area contributed by atoms with Gasteiger partial charge in [-0.1, -0.05) is 90.7 Å². The van der Waals surface area contributed by atoms with E-state index in [0.717, 1.165) is 44.9 Å². The van der Waals surface area contributed by atoms with E-state index in [1.807, 2.05) is 0 Å². The van der Waals surface area contributed by atoms with Gasteiger partial charge in [0.15, 0.2) is 0 Å². The number of unbranched alkanes of at least 4 members (excludes halogenated alkanes) is 7. The number of rotatable bonds is 16. The SMILES string of the molecule is CCCCCCCCCOC(=O)c1ccccc1C(=O)OC(CCC)CCCC. The molecule has 0 saturated carbocycles. The maximum Gasteiger partial charge on any atom is 0.339 e. The van der Waals surface area contributed by atoms with Gasteiger partial charge >= 0.3 is 11.9 Å². The van der Waals surface area contributed by atoms with Crippen molar-refractivity contribution in [1.29, 1.82) is 0 Å². The van der Waals surface area contributed by atoms with Crippen LogP contribution in [-0.4, -0.2) is 24.6 Å². The highest BCUT2D eigenvalue weighted by molar-refractivity contribution is 6.03. The Morgan fingerprint density at radius 1 is 0.724 bits per heavy atom. The van der Waals surface area contributed by atoms with Gasteiger partial charge in [-0.05, 0) is 31.4 Å². The molecular formula is C25H40O4. The summed E-state index contributed by atoms with van der Waals surface area (Å²) in [5.41, 5.74) is 0.598. The quantitative estimate of drug-likeness (QED) is 0.218. The Labute approximate surface area is 177 Å². The van der Waals surface area contributed by atoms with Gasteiger partial charge in [-0.25, -0.2) is 9.59 Å². The lowest BCUT2D eigenvalue weighted by Crippen LogP contribution is -2.21. The summed E-state index contributed by atoms with van der Waals surface area (Å²) in [6.45, 7) is 6.82. The van der Waals surface area contributed by atoms with Crippen LogP contribution >= 0.6 is 0 Å². The van der Waals surface area contributed by atoms with Crippen molar-refractivity contribution in [3.05, 3.63) is 35.4 Å². The third kappa shape index (κ3) is 10.5. The number of ether oxygens (including phenoxy) is 2. The van der Waals surface area contributed by atoms with Crippen molar-refractivity contribution in [3.63, 3.8) is 0 Å². The summed E-state index contributed by atoms with van der Waals surface area (Å²) in [4.78, 5) is 25.2. The van der Waals surface area contributed by atoms with E-state index in [4.69, 9.17) is 9.47 Å². The third-order valence-electron chi connectivity index (χ3n) is 5.11. The molecule has 1 atom stereocenters. The van der Waals surface area contributed by atoms with Crippen LogP contribution in [0.1, 0.15) is 119 Å². The van der Waals surface area contributed by atoms with Gasteiger partial charge in [0.25, 0.3) is 0 Å². The van der Waals surface area contributed by atoms with E-state index in [1.54, 1.807) is 24.3 Å². The molecule has 0 radical (unpaired) electrons. The van der Waals surface area contributed by atoms with Crippen molar-refractivity contribution in [2.75, 3.05) is 6.61 Å². The molecule has 0 heterocycles.